The summed E-state index contributed by atoms with van der Waals surface area (Å²) in [7, 11) is -3.99. The molecule has 0 aliphatic heterocycles. The molecule has 1 amide bonds. The van der Waals surface area contributed by atoms with Crippen LogP contribution >= 0.6 is 0 Å². The van der Waals surface area contributed by atoms with Crippen molar-refractivity contribution in [3.8, 4) is 0 Å². The highest BCUT2D eigenvalue weighted by molar-refractivity contribution is 7.91. The highest BCUT2D eigenvalue weighted by atomic mass is 32.2. The van der Waals surface area contributed by atoms with Gasteiger partial charge in [0.25, 0.3) is 5.91 Å². The van der Waals surface area contributed by atoms with Crippen LogP contribution in [0.3, 0.4) is 0 Å². The zero-order valence-corrected chi connectivity index (χ0v) is 11.5. The molecule has 1 aromatic heterocycles. The van der Waals surface area contributed by atoms with Crippen molar-refractivity contribution in [3.05, 3.63) is 59.9 Å². The predicted molar refractivity (Wildman–Crippen MR) is 75.4 cm³/mol. The van der Waals surface area contributed by atoms with E-state index in [1.54, 1.807) is 37.4 Å². The molecule has 1 aromatic carbocycles. The second kappa shape index (κ2) is 5.70. The molecule has 0 radical (unpaired) electrons. The van der Waals surface area contributed by atoms with Crippen molar-refractivity contribution in [2.45, 2.75) is 6.92 Å². The van der Waals surface area contributed by atoms with Crippen LogP contribution in [0, 0.1) is 6.92 Å². The topological polar surface area (TPSA) is 88.2 Å². The van der Waals surface area contributed by atoms with Crippen LogP contribution in [0.5, 0.6) is 0 Å². The van der Waals surface area contributed by atoms with Gasteiger partial charge in [-0.2, -0.15) is 8.42 Å². The highest BCUT2D eigenvalue weighted by Crippen LogP contribution is 2.09. The number of aromatic nitrogens is 1. The van der Waals surface area contributed by atoms with E-state index in [1.165, 1.54) is 18.3 Å². The lowest BCUT2D eigenvalue weighted by Crippen LogP contribution is -2.35. The van der Waals surface area contributed by atoms with Crippen molar-refractivity contribution in [1.29, 1.82) is 0 Å². The Kier molecular flexibility index (Phi) is 3.99. The third-order valence-corrected chi connectivity index (χ3v) is 3.35. The number of carbonyl (C=O) groups is 1. The maximum atomic E-state index is 11.8. The first kappa shape index (κ1) is 14.0. The van der Waals surface area contributed by atoms with Gasteiger partial charge in [-0.25, -0.2) is 4.72 Å². The first-order valence-corrected chi connectivity index (χ1v) is 7.26. The zero-order chi connectivity index (χ0) is 14.6. The van der Waals surface area contributed by atoms with Gasteiger partial charge in [-0.15, -0.1) is 0 Å². The molecular weight excluding hydrogens is 278 g/mol. The van der Waals surface area contributed by atoms with Crippen LogP contribution in [0.1, 0.15) is 15.9 Å². The third-order valence-electron chi connectivity index (χ3n) is 2.39. The third kappa shape index (κ3) is 3.79. The average molecular weight is 291 g/mol. The van der Waals surface area contributed by atoms with Crippen LogP contribution in [0.15, 0.2) is 48.8 Å². The molecule has 2 N–H and O–H groups in total. The molecule has 0 atom stereocenters. The Morgan fingerprint density at radius 3 is 2.50 bits per heavy atom. The predicted octanol–water partition coefficient (Wildman–Crippen LogP) is 1.48. The van der Waals surface area contributed by atoms with Crippen molar-refractivity contribution >= 4 is 21.8 Å². The second-order valence-electron chi connectivity index (χ2n) is 4.15. The largest absolute Gasteiger partial charge is 0.324 e. The van der Waals surface area contributed by atoms with E-state index in [2.05, 4.69) is 9.71 Å². The molecule has 0 aliphatic carbocycles. The van der Waals surface area contributed by atoms with Gasteiger partial charge in [0.2, 0.25) is 0 Å². The normalized spacial score (nSPS) is 10.8. The quantitative estimate of drug-likeness (QED) is 0.893. The molecular formula is C13H13N3O3S. The Morgan fingerprint density at radius 1 is 1.15 bits per heavy atom. The number of carbonyl (C=O) groups excluding carboxylic acids is 1. The van der Waals surface area contributed by atoms with Gasteiger partial charge in [0.05, 0.1) is 11.9 Å². The number of anilines is 1. The van der Waals surface area contributed by atoms with Crippen molar-refractivity contribution in [2.24, 2.45) is 0 Å². The van der Waals surface area contributed by atoms with Gasteiger partial charge in [-0.05, 0) is 30.7 Å². The number of pyridine rings is 1. The van der Waals surface area contributed by atoms with Crippen molar-refractivity contribution in [3.63, 3.8) is 0 Å². The molecule has 20 heavy (non-hydrogen) atoms. The molecule has 0 bridgehead atoms. The maximum absolute atomic E-state index is 11.8. The second-order valence-corrected chi connectivity index (χ2v) is 5.57. The fraction of sp³-hybridized carbons (Fsp3) is 0.0769. The van der Waals surface area contributed by atoms with E-state index < -0.39 is 16.1 Å². The molecule has 0 saturated carbocycles. The zero-order valence-electron chi connectivity index (χ0n) is 10.7. The minimum Gasteiger partial charge on any atom is -0.268 e. The molecule has 6 nitrogen and oxygen atoms in total. The molecule has 2 aromatic rings. The minimum absolute atomic E-state index is 0.264. The van der Waals surface area contributed by atoms with Gasteiger partial charge in [0, 0.05) is 11.8 Å². The summed E-state index contributed by atoms with van der Waals surface area (Å²) in [4.78, 5) is 15.6. The number of benzene rings is 1. The summed E-state index contributed by atoms with van der Waals surface area (Å²) in [6.07, 6.45) is 2.96. The lowest BCUT2D eigenvalue weighted by atomic mass is 10.2. The average Bonchev–Trinajstić information content (AvgIpc) is 2.38. The number of nitrogens with one attached hydrogen (secondary N) is 2. The smallest absolute Gasteiger partial charge is 0.268 e. The Balaban J connectivity index is 2.10. The summed E-state index contributed by atoms with van der Waals surface area (Å²) >= 11 is 0. The van der Waals surface area contributed by atoms with E-state index in [0.29, 0.717) is 5.69 Å². The van der Waals surface area contributed by atoms with Crippen molar-refractivity contribution in [2.75, 3.05) is 4.72 Å². The van der Waals surface area contributed by atoms with E-state index >= 15 is 0 Å². The molecule has 2 rings (SSSR count). The molecule has 0 saturated heterocycles. The lowest BCUT2D eigenvalue weighted by molar-refractivity contribution is 0.0981. The van der Waals surface area contributed by atoms with E-state index in [4.69, 9.17) is 0 Å². The summed E-state index contributed by atoms with van der Waals surface area (Å²) in [5.74, 6) is -0.696. The van der Waals surface area contributed by atoms with Crippen LogP contribution in [-0.2, 0) is 10.2 Å². The van der Waals surface area contributed by atoms with E-state index in [1.807, 2.05) is 4.72 Å². The van der Waals surface area contributed by atoms with Gasteiger partial charge in [-0.3, -0.25) is 14.5 Å². The Labute approximate surface area is 117 Å². The molecule has 104 valence electrons. The summed E-state index contributed by atoms with van der Waals surface area (Å²) in [6.45, 7) is 1.79. The lowest BCUT2D eigenvalue weighted by Gasteiger charge is -2.09. The first-order valence-electron chi connectivity index (χ1n) is 5.78. The fourth-order valence-electron chi connectivity index (χ4n) is 1.56. The van der Waals surface area contributed by atoms with Crippen LogP contribution < -0.4 is 9.44 Å². The number of nitrogens with zero attached hydrogens (tertiary/aromatic N) is 1. The molecule has 0 spiro atoms. The maximum Gasteiger partial charge on any atom is 0.324 e. The van der Waals surface area contributed by atoms with Gasteiger partial charge in [-0.1, -0.05) is 18.2 Å². The van der Waals surface area contributed by atoms with E-state index in [9.17, 15) is 13.2 Å². The van der Waals surface area contributed by atoms with Gasteiger partial charge < -0.3 is 0 Å². The molecule has 0 fully saturated rings. The van der Waals surface area contributed by atoms with E-state index in [0.717, 1.165) is 5.56 Å². The Morgan fingerprint density at radius 2 is 1.85 bits per heavy atom. The Bertz CT molecular complexity index is 715. The molecule has 0 aliphatic rings. The molecule has 1 heterocycles. The number of hydrogen-bond donors (Lipinski definition) is 2. The monoisotopic (exact) mass is 291 g/mol. The van der Waals surface area contributed by atoms with Crippen LogP contribution in [-0.4, -0.2) is 19.3 Å². The SMILES string of the molecule is Cc1cncc(NS(=O)(=O)NC(=O)c2ccccc2)c1. The van der Waals surface area contributed by atoms with Gasteiger partial charge in [0.1, 0.15) is 0 Å². The van der Waals surface area contributed by atoms with Crippen LogP contribution in [0.4, 0.5) is 5.69 Å². The summed E-state index contributed by atoms with van der Waals surface area (Å²) in [5.41, 5.74) is 1.36. The van der Waals surface area contributed by atoms with E-state index in [-0.39, 0.29) is 5.56 Å². The fourth-order valence-corrected chi connectivity index (χ4v) is 2.40. The van der Waals surface area contributed by atoms with Crippen molar-refractivity contribution in [1.82, 2.24) is 9.71 Å². The van der Waals surface area contributed by atoms with Crippen molar-refractivity contribution < 1.29 is 13.2 Å². The number of aryl methyl sites for hydroxylation is 1. The molecule has 0 unspecified atom stereocenters. The summed E-state index contributed by atoms with van der Waals surface area (Å²) < 4.78 is 27.8. The first-order chi connectivity index (χ1) is 9.46. The summed E-state index contributed by atoms with van der Waals surface area (Å²) in [6, 6.07) is 9.71. The Hall–Kier alpha value is -2.41. The van der Waals surface area contributed by atoms with Gasteiger partial charge in [0.15, 0.2) is 0 Å². The standard InChI is InChI=1S/C13H13N3O3S/c1-10-7-12(9-14-8-10)15-20(18,19)16-13(17)11-5-3-2-4-6-11/h2-9,15H,1H3,(H,16,17). The highest BCUT2D eigenvalue weighted by Gasteiger charge is 2.15. The van der Waals surface area contributed by atoms with Gasteiger partial charge >= 0.3 is 10.2 Å². The summed E-state index contributed by atoms with van der Waals surface area (Å²) in [5, 5.41) is 0. The number of hydrogen-bond acceptors (Lipinski definition) is 4. The minimum atomic E-state index is -3.99. The van der Waals surface area contributed by atoms with Crippen LogP contribution in [0.25, 0.3) is 0 Å². The molecule has 7 heteroatoms. The number of amides is 1. The number of rotatable bonds is 4. The van der Waals surface area contributed by atoms with Crippen LogP contribution in [0.2, 0.25) is 0 Å².